The minimum atomic E-state index is 0.0686. The monoisotopic (exact) mass is 252 g/mol. The van der Waals surface area contributed by atoms with Gasteiger partial charge in [-0.3, -0.25) is 0 Å². The highest BCUT2D eigenvalue weighted by molar-refractivity contribution is 7.10. The van der Waals surface area contributed by atoms with E-state index in [1.54, 1.807) is 0 Å². The zero-order chi connectivity index (χ0) is 12.3. The average Bonchev–Trinajstić information content (AvgIpc) is 2.80. The molecule has 0 saturated heterocycles. The second kappa shape index (κ2) is 5.54. The fourth-order valence-corrected chi connectivity index (χ4v) is 3.38. The van der Waals surface area contributed by atoms with Crippen LogP contribution in [0.3, 0.4) is 0 Å². The number of aryl methyl sites for hydroxylation is 1. The Kier molecular flexibility index (Phi) is 4.05. The molecule has 1 atom stereocenters. The van der Waals surface area contributed by atoms with Gasteiger partial charge in [-0.1, -0.05) is 0 Å². The van der Waals surface area contributed by atoms with Crippen LogP contribution in [0.15, 0.2) is 11.4 Å². The third kappa shape index (κ3) is 2.63. The lowest BCUT2D eigenvalue weighted by molar-refractivity contribution is 0.197. The van der Waals surface area contributed by atoms with Crippen LogP contribution in [0.5, 0.6) is 0 Å². The van der Waals surface area contributed by atoms with Crippen molar-refractivity contribution < 1.29 is 4.79 Å². The minimum Gasteiger partial charge on any atom is -0.331 e. The number of nitrogens with one attached hydrogen (secondary N) is 1. The summed E-state index contributed by atoms with van der Waals surface area (Å²) >= 11 is 1.81. The van der Waals surface area contributed by atoms with Gasteiger partial charge in [-0.2, -0.15) is 0 Å². The molecule has 1 aliphatic rings. The summed E-state index contributed by atoms with van der Waals surface area (Å²) in [4.78, 5) is 15.3. The van der Waals surface area contributed by atoms with Crippen molar-refractivity contribution in [3.8, 4) is 0 Å². The van der Waals surface area contributed by atoms with Gasteiger partial charge in [-0.05, 0) is 50.1 Å². The highest BCUT2D eigenvalue weighted by Gasteiger charge is 2.23. The summed E-state index contributed by atoms with van der Waals surface area (Å²) < 4.78 is 0. The zero-order valence-electron chi connectivity index (χ0n) is 10.5. The van der Waals surface area contributed by atoms with Crippen LogP contribution in [-0.4, -0.2) is 24.0 Å². The number of urea groups is 1. The molecule has 1 aromatic rings. The van der Waals surface area contributed by atoms with Gasteiger partial charge in [0.1, 0.15) is 0 Å². The van der Waals surface area contributed by atoms with Crippen molar-refractivity contribution in [3.63, 3.8) is 0 Å². The van der Waals surface area contributed by atoms with E-state index in [1.165, 1.54) is 23.3 Å². The molecule has 0 aliphatic heterocycles. The summed E-state index contributed by atoms with van der Waals surface area (Å²) in [6, 6.07) is 2.45. The van der Waals surface area contributed by atoms with Gasteiger partial charge in [0.05, 0.1) is 6.04 Å². The first-order valence-corrected chi connectivity index (χ1v) is 7.26. The van der Waals surface area contributed by atoms with Crippen molar-refractivity contribution >= 4 is 17.4 Å². The maximum absolute atomic E-state index is 12.0. The van der Waals surface area contributed by atoms with Crippen LogP contribution in [0.2, 0.25) is 0 Å². The molecule has 0 fully saturated rings. The summed E-state index contributed by atoms with van der Waals surface area (Å²) in [5.74, 6) is 0. The molecule has 3 nitrogen and oxygen atoms in total. The number of thiophene rings is 1. The van der Waals surface area contributed by atoms with E-state index in [0.29, 0.717) is 0 Å². The Balaban J connectivity index is 2.04. The molecule has 1 aromatic heterocycles. The normalized spacial score (nSPS) is 18.6. The van der Waals surface area contributed by atoms with Crippen molar-refractivity contribution in [1.29, 1.82) is 0 Å². The summed E-state index contributed by atoms with van der Waals surface area (Å²) in [5, 5.41) is 5.29. The fraction of sp³-hybridized carbons (Fsp3) is 0.615. The third-order valence-electron chi connectivity index (χ3n) is 3.40. The SMILES string of the molecule is CCN(CC)C(=O)NC1CCCc2sccc21. The van der Waals surface area contributed by atoms with Crippen LogP contribution in [0, 0.1) is 0 Å². The van der Waals surface area contributed by atoms with Crippen molar-refractivity contribution in [2.75, 3.05) is 13.1 Å². The number of carbonyl (C=O) groups excluding carboxylic acids is 1. The number of carbonyl (C=O) groups is 1. The first-order chi connectivity index (χ1) is 8.26. The predicted octanol–water partition coefficient (Wildman–Crippen LogP) is 3.18. The molecule has 1 N–H and O–H groups in total. The van der Waals surface area contributed by atoms with E-state index in [0.717, 1.165) is 19.5 Å². The maximum atomic E-state index is 12.0. The Morgan fingerprint density at radius 3 is 3.00 bits per heavy atom. The van der Waals surface area contributed by atoms with E-state index in [-0.39, 0.29) is 12.1 Å². The second-order valence-electron chi connectivity index (χ2n) is 4.37. The Morgan fingerprint density at radius 1 is 1.53 bits per heavy atom. The van der Waals surface area contributed by atoms with E-state index in [1.807, 2.05) is 30.1 Å². The molecule has 2 amide bonds. The predicted molar refractivity (Wildman–Crippen MR) is 71.5 cm³/mol. The highest BCUT2D eigenvalue weighted by atomic mass is 32.1. The Bertz CT molecular complexity index is 385. The van der Waals surface area contributed by atoms with Crippen molar-refractivity contribution in [3.05, 3.63) is 21.9 Å². The molecule has 17 heavy (non-hydrogen) atoms. The van der Waals surface area contributed by atoms with Crippen LogP contribution in [0.1, 0.15) is 43.2 Å². The third-order valence-corrected chi connectivity index (χ3v) is 4.40. The van der Waals surface area contributed by atoms with Crippen molar-refractivity contribution in [2.45, 2.75) is 39.2 Å². The average molecular weight is 252 g/mol. The number of hydrogen-bond donors (Lipinski definition) is 1. The van der Waals surface area contributed by atoms with Gasteiger partial charge in [0.25, 0.3) is 0 Å². The molecule has 1 unspecified atom stereocenters. The maximum Gasteiger partial charge on any atom is 0.317 e. The largest absolute Gasteiger partial charge is 0.331 e. The lowest BCUT2D eigenvalue weighted by Gasteiger charge is -2.27. The van der Waals surface area contributed by atoms with Crippen LogP contribution >= 0.6 is 11.3 Å². The highest BCUT2D eigenvalue weighted by Crippen LogP contribution is 2.33. The number of amides is 2. The quantitative estimate of drug-likeness (QED) is 0.880. The molecule has 94 valence electrons. The van der Waals surface area contributed by atoms with Gasteiger partial charge >= 0.3 is 6.03 Å². The minimum absolute atomic E-state index is 0.0686. The van der Waals surface area contributed by atoms with E-state index in [2.05, 4.69) is 16.8 Å². The molecular formula is C13H20N2OS. The number of fused-ring (bicyclic) bond motifs is 1. The molecule has 0 spiro atoms. The fourth-order valence-electron chi connectivity index (χ4n) is 2.39. The van der Waals surface area contributed by atoms with Crippen LogP contribution in [0.25, 0.3) is 0 Å². The van der Waals surface area contributed by atoms with Gasteiger partial charge in [-0.15, -0.1) is 11.3 Å². The van der Waals surface area contributed by atoms with E-state index in [9.17, 15) is 4.79 Å². The summed E-state index contributed by atoms with van der Waals surface area (Å²) in [5.41, 5.74) is 1.33. The lowest BCUT2D eigenvalue weighted by Crippen LogP contribution is -2.42. The molecule has 0 saturated carbocycles. The molecule has 0 radical (unpaired) electrons. The van der Waals surface area contributed by atoms with Crippen LogP contribution in [-0.2, 0) is 6.42 Å². The second-order valence-corrected chi connectivity index (χ2v) is 5.37. The molecule has 2 rings (SSSR count). The summed E-state index contributed by atoms with van der Waals surface area (Å²) in [7, 11) is 0. The smallest absolute Gasteiger partial charge is 0.317 e. The molecule has 0 bridgehead atoms. The summed E-state index contributed by atoms with van der Waals surface area (Å²) in [6.45, 7) is 5.57. The lowest BCUT2D eigenvalue weighted by atomic mass is 9.94. The molecule has 1 aliphatic carbocycles. The van der Waals surface area contributed by atoms with Gasteiger partial charge in [0.2, 0.25) is 0 Å². The van der Waals surface area contributed by atoms with Gasteiger partial charge in [-0.25, -0.2) is 4.79 Å². The summed E-state index contributed by atoms with van der Waals surface area (Å²) in [6.07, 6.45) is 3.41. The van der Waals surface area contributed by atoms with Crippen molar-refractivity contribution in [2.24, 2.45) is 0 Å². The Labute approximate surface area is 107 Å². The van der Waals surface area contributed by atoms with Crippen molar-refractivity contribution in [1.82, 2.24) is 10.2 Å². The standard InChI is InChI=1S/C13H20N2OS/c1-3-15(4-2)13(16)14-11-6-5-7-12-10(11)8-9-17-12/h8-9,11H,3-7H2,1-2H3,(H,14,16). The van der Waals surface area contributed by atoms with E-state index in [4.69, 9.17) is 0 Å². The molecule has 0 aromatic carbocycles. The van der Waals surface area contributed by atoms with Gasteiger partial charge in [0, 0.05) is 18.0 Å². The Hall–Kier alpha value is -1.03. The zero-order valence-corrected chi connectivity index (χ0v) is 11.3. The number of rotatable bonds is 3. The topological polar surface area (TPSA) is 32.3 Å². The van der Waals surface area contributed by atoms with Crippen LogP contribution < -0.4 is 5.32 Å². The first-order valence-electron chi connectivity index (χ1n) is 6.38. The number of hydrogen-bond acceptors (Lipinski definition) is 2. The molecule has 4 heteroatoms. The van der Waals surface area contributed by atoms with Crippen LogP contribution in [0.4, 0.5) is 4.79 Å². The first kappa shape index (κ1) is 12.4. The van der Waals surface area contributed by atoms with Gasteiger partial charge in [0.15, 0.2) is 0 Å². The molecule has 1 heterocycles. The van der Waals surface area contributed by atoms with E-state index >= 15 is 0 Å². The molecular weight excluding hydrogens is 232 g/mol. The van der Waals surface area contributed by atoms with Gasteiger partial charge < -0.3 is 10.2 Å². The Morgan fingerprint density at radius 2 is 2.29 bits per heavy atom. The number of nitrogens with zero attached hydrogens (tertiary/aromatic N) is 1. The van der Waals surface area contributed by atoms with E-state index < -0.39 is 0 Å².